The molecule has 1 heterocycles. The standard InChI is InChI=1S/C13H17N3OS/c1-18-12-14-7-9(8-17)11(16-12)15-10-3-2-4-13(10)5-6-13/h7-8,10H,2-6H2,1H3,(H,14,15,16). The molecule has 3 rings (SSSR count). The SMILES string of the molecule is CSc1ncc(C=O)c(NC2CCCC23CC3)n1. The minimum atomic E-state index is 0.487. The van der Waals surface area contributed by atoms with E-state index in [1.807, 2.05) is 6.26 Å². The lowest BCUT2D eigenvalue weighted by atomic mass is 10.0. The smallest absolute Gasteiger partial charge is 0.189 e. The Morgan fingerprint density at radius 2 is 2.33 bits per heavy atom. The Labute approximate surface area is 111 Å². The summed E-state index contributed by atoms with van der Waals surface area (Å²) < 4.78 is 0. The molecule has 2 aliphatic rings. The molecule has 0 aliphatic heterocycles. The number of nitrogens with one attached hydrogen (secondary N) is 1. The maximum Gasteiger partial charge on any atom is 0.189 e. The number of hydrogen-bond acceptors (Lipinski definition) is 5. The molecular weight excluding hydrogens is 246 g/mol. The van der Waals surface area contributed by atoms with Gasteiger partial charge in [-0.3, -0.25) is 4.79 Å². The lowest BCUT2D eigenvalue weighted by molar-refractivity contribution is 0.112. The van der Waals surface area contributed by atoms with Crippen LogP contribution in [0.2, 0.25) is 0 Å². The molecule has 2 aliphatic carbocycles. The zero-order valence-corrected chi connectivity index (χ0v) is 11.3. The van der Waals surface area contributed by atoms with E-state index >= 15 is 0 Å². The Morgan fingerprint density at radius 1 is 1.50 bits per heavy atom. The van der Waals surface area contributed by atoms with Gasteiger partial charge in [0.25, 0.3) is 0 Å². The topological polar surface area (TPSA) is 54.9 Å². The molecule has 1 aromatic rings. The average molecular weight is 263 g/mol. The number of aromatic nitrogens is 2. The largest absolute Gasteiger partial charge is 0.366 e. The molecular formula is C13H17N3OS. The van der Waals surface area contributed by atoms with Gasteiger partial charge < -0.3 is 5.32 Å². The van der Waals surface area contributed by atoms with E-state index in [9.17, 15) is 4.79 Å². The molecule has 1 unspecified atom stereocenters. The minimum absolute atomic E-state index is 0.487. The van der Waals surface area contributed by atoms with Crippen molar-refractivity contribution < 1.29 is 4.79 Å². The van der Waals surface area contributed by atoms with Crippen LogP contribution < -0.4 is 5.32 Å². The highest BCUT2D eigenvalue weighted by Gasteiger charge is 2.52. The number of thioether (sulfide) groups is 1. The number of carbonyl (C=O) groups excluding carboxylic acids is 1. The molecule has 2 saturated carbocycles. The van der Waals surface area contributed by atoms with Crippen LogP contribution in [-0.4, -0.2) is 28.6 Å². The van der Waals surface area contributed by atoms with Gasteiger partial charge in [0.1, 0.15) is 5.82 Å². The molecule has 0 radical (unpaired) electrons. The molecule has 5 heteroatoms. The van der Waals surface area contributed by atoms with Gasteiger partial charge in [-0.05, 0) is 37.4 Å². The third-order valence-corrected chi connectivity index (χ3v) is 4.78. The van der Waals surface area contributed by atoms with Crippen LogP contribution in [0.3, 0.4) is 0 Å². The Balaban J connectivity index is 1.84. The predicted molar refractivity (Wildman–Crippen MR) is 72.1 cm³/mol. The summed E-state index contributed by atoms with van der Waals surface area (Å²) in [5.41, 5.74) is 1.07. The van der Waals surface area contributed by atoms with Crippen molar-refractivity contribution in [3.05, 3.63) is 11.8 Å². The fraction of sp³-hybridized carbons (Fsp3) is 0.615. The first-order chi connectivity index (χ1) is 8.77. The minimum Gasteiger partial charge on any atom is -0.366 e. The van der Waals surface area contributed by atoms with E-state index in [0.717, 1.165) is 6.29 Å². The maximum absolute atomic E-state index is 11.1. The van der Waals surface area contributed by atoms with Crippen LogP contribution in [0.4, 0.5) is 5.82 Å². The molecule has 1 spiro atoms. The van der Waals surface area contributed by atoms with Crippen LogP contribution in [0.15, 0.2) is 11.4 Å². The summed E-state index contributed by atoms with van der Waals surface area (Å²) in [6.07, 6.45) is 10.8. The van der Waals surface area contributed by atoms with Crippen LogP contribution in [-0.2, 0) is 0 Å². The van der Waals surface area contributed by atoms with Crippen LogP contribution in [0, 0.1) is 5.41 Å². The number of rotatable bonds is 4. The summed E-state index contributed by atoms with van der Waals surface area (Å²) in [7, 11) is 0. The zero-order valence-electron chi connectivity index (χ0n) is 10.5. The molecule has 1 N–H and O–H groups in total. The van der Waals surface area contributed by atoms with Gasteiger partial charge in [-0.1, -0.05) is 18.2 Å². The summed E-state index contributed by atoms with van der Waals surface area (Å²) >= 11 is 1.50. The van der Waals surface area contributed by atoms with Gasteiger partial charge in [0.05, 0.1) is 5.56 Å². The van der Waals surface area contributed by atoms with Gasteiger partial charge in [0.2, 0.25) is 0 Å². The highest BCUT2D eigenvalue weighted by molar-refractivity contribution is 7.98. The molecule has 1 atom stereocenters. The van der Waals surface area contributed by atoms with E-state index < -0.39 is 0 Å². The first kappa shape index (κ1) is 12.0. The molecule has 0 aromatic carbocycles. The zero-order chi connectivity index (χ0) is 12.6. The molecule has 1 aromatic heterocycles. The van der Waals surface area contributed by atoms with Crippen molar-refractivity contribution in [2.75, 3.05) is 11.6 Å². The Bertz CT molecular complexity index is 473. The van der Waals surface area contributed by atoms with E-state index in [1.54, 1.807) is 6.20 Å². The summed E-state index contributed by atoms with van der Waals surface area (Å²) in [6, 6.07) is 0.487. The first-order valence-electron chi connectivity index (χ1n) is 6.40. The number of hydrogen-bond donors (Lipinski definition) is 1. The lowest BCUT2D eigenvalue weighted by Crippen LogP contribution is -2.26. The van der Waals surface area contributed by atoms with Crippen LogP contribution in [0.5, 0.6) is 0 Å². The number of nitrogens with zero attached hydrogens (tertiary/aromatic N) is 2. The molecule has 0 bridgehead atoms. The quantitative estimate of drug-likeness (QED) is 0.514. The van der Waals surface area contributed by atoms with Gasteiger partial charge in [0.15, 0.2) is 11.4 Å². The van der Waals surface area contributed by atoms with Gasteiger partial charge >= 0.3 is 0 Å². The average Bonchev–Trinajstić information content (AvgIpc) is 3.07. The van der Waals surface area contributed by atoms with Gasteiger partial charge in [-0.25, -0.2) is 9.97 Å². The van der Waals surface area contributed by atoms with E-state index in [4.69, 9.17) is 0 Å². The molecule has 0 saturated heterocycles. The second-order valence-electron chi connectivity index (χ2n) is 5.23. The van der Waals surface area contributed by atoms with Crippen LogP contribution in [0.25, 0.3) is 0 Å². The van der Waals surface area contributed by atoms with Crippen molar-refractivity contribution in [3.8, 4) is 0 Å². The van der Waals surface area contributed by atoms with E-state index in [1.165, 1.54) is 43.9 Å². The Hall–Kier alpha value is -1.10. The molecule has 2 fully saturated rings. The van der Waals surface area contributed by atoms with Crippen molar-refractivity contribution in [2.45, 2.75) is 43.3 Å². The van der Waals surface area contributed by atoms with Crippen LogP contribution >= 0.6 is 11.8 Å². The van der Waals surface area contributed by atoms with E-state index in [0.29, 0.717) is 28.0 Å². The van der Waals surface area contributed by atoms with Crippen molar-refractivity contribution >= 4 is 23.9 Å². The molecule has 4 nitrogen and oxygen atoms in total. The fourth-order valence-corrected chi connectivity index (χ4v) is 3.30. The first-order valence-corrected chi connectivity index (χ1v) is 7.63. The highest BCUT2D eigenvalue weighted by atomic mass is 32.2. The monoisotopic (exact) mass is 263 g/mol. The normalized spacial score (nSPS) is 24.2. The molecule has 18 heavy (non-hydrogen) atoms. The maximum atomic E-state index is 11.1. The predicted octanol–water partition coefficient (Wildman–Crippen LogP) is 2.76. The van der Waals surface area contributed by atoms with E-state index in [-0.39, 0.29) is 0 Å². The second kappa shape index (κ2) is 4.53. The highest BCUT2D eigenvalue weighted by Crippen LogP contribution is 2.58. The summed E-state index contributed by atoms with van der Waals surface area (Å²) in [4.78, 5) is 19.6. The summed E-state index contributed by atoms with van der Waals surface area (Å²) in [5.74, 6) is 0.711. The molecule has 96 valence electrons. The Kier molecular flexibility index (Phi) is 3.01. The van der Waals surface area contributed by atoms with Crippen molar-refractivity contribution in [3.63, 3.8) is 0 Å². The van der Waals surface area contributed by atoms with Gasteiger partial charge in [-0.15, -0.1) is 0 Å². The molecule has 0 amide bonds. The van der Waals surface area contributed by atoms with Crippen molar-refractivity contribution in [1.29, 1.82) is 0 Å². The third kappa shape index (κ3) is 2.00. The van der Waals surface area contributed by atoms with Gasteiger partial charge in [0, 0.05) is 12.2 Å². The Morgan fingerprint density at radius 3 is 3.00 bits per heavy atom. The lowest BCUT2D eigenvalue weighted by Gasteiger charge is -2.21. The summed E-state index contributed by atoms with van der Waals surface area (Å²) in [6.45, 7) is 0. The number of aldehydes is 1. The van der Waals surface area contributed by atoms with Crippen molar-refractivity contribution in [1.82, 2.24) is 9.97 Å². The number of anilines is 1. The van der Waals surface area contributed by atoms with Crippen molar-refractivity contribution in [2.24, 2.45) is 5.41 Å². The van der Waals surface area contributed by atoms with Gasteiger partial charge in [-0.2, -0.15) is 0 Å². The third-order valence-electron chi connectivity index (χ3n) is 4.21. The van der Waals surface area contributed by atoms with E-state index in [2.05, 4.69) is 15.3 Å². The fourth-order valence-electron chi connectivity index (χ4n) is 2.96. The summed E-state index contributed by atoms with van der Waals surface area (Å²) in [5, 5.41) is 4.21. The van der Waals surface area contributed by atoms with Crippen LogP contribution in [0.1, 0.15) is 42.5 Å². The second-order valence-corrected chi connectivity index (χ2v) is 6.00. The number of carbonyl (C=O) groups is 1.